The van der Waals surface area contributed by atoms with Crippen molar-refractivity contribution in [1.29, 1.82) is 0 Å². The van der Waals surface area contributed by atoms with Crippen LogP contribution in [0.1, 0.15) is 43.9 Å². The Balaban J connectivity index is 2.10. The topological polar surface area (TPSA) is 66.8 Å². The molecule has 6 heteroatoms. The number of hydrogen-bond acceptors (Lipinski definition) is 4. The Labute approximate surface area is 161 Å². The van der Waals surface area contributed by atoms with Gasteiger partial charge in [0.15, 0.2) is 11.5 Å². The molecule has 0 spiro atoms. The van der Waals surface area contributed by atoms with E-state index in [1.54, 1.807) is 0 Å². The number of benzene rings is 2. The predicted molar refractivity (Wildman–Crippen MR) is 109 cm³/mol. The summed E-state index contributed by atoms with van der Waals surface area (Å²) in [4.78, 5) is 2.15. The van der Waals surface area contributed by atoms with Gasteiger partial charge in [0, 0.05) is 6.54 Å². The van der Waals surface area contributed by atoms with Crippen molar-refractivity contribution in [3.05, 3.63) is 47.0 Å². The van der Waals surface area contributed by atoms with Crippen LogP contribution in [0.25, 0.3) is 0 Å². The minimum absolute atomic E-state index is 0.253. The first kappa shape index (κ1) is 19.7. The lowest BCUT2D eigenvalue weighted by Crippen LogP contribution is -2.26. The van der Waals surface area contributed by atoms with E-state index in [1.165, 1.54) is 11.1 Å². The largest absolute Gasteiger partial charge is 0.453 e. The average Bonchev–Trinajstić information content (AvgIpc) is 2.64. The first-order valence-electron chi connectivity index (χ1n) is 9.56. The van der Waals surface area contributed by atoms with Gasteiger partial charge >= 0.3 is 0 Å². The number of rotatable bonds is 7. The molecule has 5 nitrogen and oxygen atoms in total. The molecule has 1 aliphatic heterocycles. The molecule has 0 amide bonds. The van der Waals surface area contributed by atoms with Crippen molar-refractivity contribution < 1.29 is 17.7 Å². The molecule has 1 aliphatic rings. The number of aryl methyl sites for hydroxylation is 3. The van der Waals surface area contributed by atoms with E-state index >= 15 is 0 Å². The fourth-order valence-corrected chi connectivity index (χ4v) is 4.13. The third-order valence-corrected chi connectivity index (χ3v) is 5.82. The second-order valence-electron chi connectivity index (χ2n) is 6.82. The third kappa shape index (κ3) is 4.12. The van der Waals surface area contributed by atoms with Gasteiger partial charge in [-0.2, -0.15) is 8.42 Å². The van der Waals surface area contributed by atoms with E-state index in [0.717, 1.165) is 47.7 Å². The quantitative estimate of drug-likeness (QED) is 0.683. The van der Waals surface area contributed by atoms with Crippen LogP contribution in [0.5, 0.6) is 11.5 Å². The van der Waals surface area contributed by atoms with Gasteiger partial charge in [-0.25, -0.2) is 0 Å². The van der Waals surface area contributed by atoms with E-state index in [0.29, 0.717) is 13.0 Å². The molecule has 0 aliphatic carbocycles. The highest BCUT2D eigenvalue weighted by Crippen LogP contribution is 2.50. The van der Waals surface area contributed by atoms with Gasteiger partial charge < -0.3 is 9.64 Å². The highest BCUT2D eigenvalue weighted by molar-refractivity contribution is 7.85. The Morgan fingerprint density at radius 1 is 1.04 bits per heavy atom. The minimum Gasteiger partial charge on any atom is -0.453 e. The number of hydrogen-bond donors (Lipinski definition) is 1. The second kappa shape index (κ2) is 7.90. The fourth-order valence-electron chi connectivity index (χ4n) is 3.63. The fraction of sp³-hybridized carbons (Fsp3) is 0.429. The Bertz CT molecular complexity index is 937. The number of nitrogens with zero attached hydrogens (tertiary/aromatic N) is 1. The zero-order valence-corrected chi connectivity index (χ0v) is 17.0. The standard InChI is InChI=1S/C21H27NO4S/c1-4-15-13-17(6-3)20-19(14-15)26-21-16(5-2)9-7-10-18(21)22(20)11-8-12-27(23,24)25/h7,9-10,13-14H,4-6,8,11-12H2,1-3H3,(H,23,24,25). The van der Waals surface area contributed by atoms with Crippen LogP contribution in [0.2, 0.25) is 0 Å². The van der Waals surface area contributed by atoms with Gasteiger partial charge in [0.25, 0.3) is 10.1 Å². The number of para-hydroxylation sites is 1. The first-order chi connectivity index (χ1) is 12.9. The summed E-state index contributed by atoms with van der Waals surface area (Å²) in [6, 6.07) is 10.4. The molecular weight excluding hydrogens is 362 g/mol. The second-order valence-corrected chi connectivity index (χ2v) is 8.39. The van der Waals surface area contributed by atoms with Gasteiger partial charge in [0.2, 0.25) is 0 Å². The zero-order chi connectivity index (χ0) is 19.6. The molecule has 146 valence electrons. The van der Waals surface area contributed by atoms with E-state index in [2.05, 4.69) is 43.9 Å². The summed E-state index contributed by atoms with van der Waals surface area (Å²) in [5.74, 6) is 1.41. The summed E-state index contributed by atoms with van der Waals surface area (Å²) >= 11 is 0. The molecule has 2 aromatic rings. The van der Waals surface area contributed by atoms with E-state index in [1.807, 2.05) is 12.1 Å². The molecule has 0 saturated carbocycles. The van der Waals surface area contributed by atoms with E-state index in [4.69, 9.17) is 9.29 Å². The summed E-state index contributed by atoms with van der Waals surface area (Å²) in [6.07, 6.45) is 2.98. The van der Waals surface area contributed by atoms with Crippen LogP contribution in [0.3, 0.4) is 0 Å². The zero-order valence-electron chi connectivity index (χ0n) is 16.2. The molecule has 0 radical (unpaired) electrons. The van der Waals surface area contributed by atoms with Gasteiger partial charge in [0.05, 0.1) is 17.1 Å². The summed E-state index contributed by atoms with van der Waals surface area (Å²) in [5.41, 5.74) is 5.49. The van der Waals surface area contributed by atoms with Crippen LogP contribution in [0.15, 0.2) is 30.3 Å². The number of anilines is 2. The van der Waals surface area contributed by atoms with Gasteiger partial charge in [-0.3, -0.25) is 4.55 Å². The third-order valence-electron chi connectivity index (χ3n) is 5.02. The Kier molecular flexibility index (Phi) is 5.77. The number of ether oxygens (including phenoxy) is 1. The number of fused-ring (bicyclic) bond motifs is 2. The van der Waals surface area contributed by atoms with Gasteiger partial charge in [-0.1, -0.05) is 39.0 Å². The van der Waals surface area contributed by atoms with Gasteiger partial charge in [0.1, 0.15) is 0 Å². The van der Waals surface area contributed by atoms with Crippen molar-refractivity contribution in [1.82, 2.24) is 0 Å². The smallest absolute Gasteiger partial charge is 0.264 e. The van der Waals surface area contributed by atoms with Crippen LogP contribution in [-0.2, 0) is 29.4 Å². The molecule has 0 atom stereocenters. The van der Waals surface area contributed by atoms with Crippen molar-refractivity contribution in [3.8, 4) is 11.5 Å². The molecule has 0 saturated heterocycles. The van der Waals surface area contributed by atoms with Crippen LogP contribution in [0, 0.1) is 0 Å². The SMILES string of the molecule is CCc1cc(CC)c2c(c1)Oc1c(CC)cccc1N2CCCS(=O)(=O)O. The van der Waals surface area contributed by atoms with Crippen LogP contribution < -0.4 is 9.64 Å². The molecule has 2 aromatic carbocycles. The molecule has 27 heavy (non-hydrogen) atoms. The lowest BCUT2D eigenvalue weighted by Gasteiger charge is -2.35. The van der Waals surface area contributed by atoms with Crippen molar-refractivity contribution >= 4 is 21.5 Å². The molecule has 0 bridgehead atoms. The lowest BCUT2D eigenvalue weighted by atomic mass is 9.99. The maximum absolute atomic E-state index is 11.2. The van der Waals surface area contributed by atoms with Crippen LogP contribution >= 0.6 is 0 Å². The Morgan fingerprint density at radius 2 is 1.78 bits per heavy atom. The van der Waals surface area contributed by atoms with Crippen LogP contribution in [0.4, 0.5) is 11.4 Å². The van der Waals surface area contributed by atoms with Gasteiger partial charge in [-0.05, 0) is 54.5 Å². The molecule has 0 aromatic heterocycles. The Hall–Kier alpha value is -2.05. The summed E-state index contributed by atoms with van der Waals surface area (Å²) in [5, 5.41) is 0. The summed E-state index contributed by atoms with van der Waals surface area (Å²) < 4.78 is 37.8. The van der Waals surface area contributed by atoms with Gasteiger partial charge in [-0.15, -0.1) is 0 Å². The average molecular weight is 390 g/mol. The van der Waals surface area contributed by atoms with Crippen LogP contribution in [-0.4, -0.2) is 25.3 Å². The maximum Gasteiger partial charge on any atom is 0.264 e. The molecule has 1 heterocycles. The predicted octanol–water partition coefficient (Wildman–Crippen LogP) is 4.90. The lowest BCUT2D eigenvalue weighted by molar-refractivity contribution is 0.465. The van der Waals surface area contributed by atoms with E-state index in [-0.39, 0.29) is 5.75 Å². The van der Waals surface area contributed by atoms with Crippen molar-refractivity contribution in [2.45, 2.75) is 46.5 Å². The molecule has 0 unspecified atom stereocenters. The highest BCUT2D eigenvalue weighted by atomic mass is 32.2. The molecule has 3 rings (SSSR count). The van der Waals surface area contributed by atoms with E-state index in [9.17, 15) is 8.42 Å². The van der Waals surface area contributed by atoms with Crippen molar-refractivity contribution in [2.75, 3.05) is 17.2 Å². The summed E-state index contributed by atoms with van der Waals surface area (Å²) in [6.45, 7) is 6.83. The van der Waals surface area contributed by atoms with E-state index < -0.39 is 10.1 Å². The van der Waals surface area contributed by atoms with Crippen molar-refractivity contribution in [3.63, 3.8) is 0 Å². The Morgan fingerprint density at radius 3 is 2.41 bits per heavy atom. The first-order valence-corrected chi connectivity index (χ1v) is 11.2. The summed E-state index contributed by atoms with van der Waals surface area (Å²) in [7, 11) is -3.98. The molecule has 0 fully saturated rings. The maximum atomic E-state index is 11.2. The normalized spacial score (nSPS) is 13.1. The monoisotopic (exact) mass is 389 g/mol. The molecule has 1 N–H and O–H groups in total. The molecular formula is C21H27NO4S. The highest BCUT2D eigenvalue weighted by Gasteiger charge is 2.28. The minimum atomic E-state index is -3.98. The van der Waals surface area contributed by atoms with Crippen molar-refractivity contribution in [2.24, 2.45) is 0 Å².